The van der Waals surface area contributed by atoms with Crippen LogP contribution in [0.3, 0.4) is 0 Å². The highest BCUT2D eigenvalue weighted by atomic mass is 127. The number of rotatable bonds is 3. The molecule has 23 heavy (non-hydrogen) atoms. The Balaban J connectivity index is 2.13. The lowest BCUT2D eigenvalue weighted by atomic mass is 10.2. The highest BCUT2D eigenvalue weighted by Crippen LogP contribution is 2.25. The third kappa shape index (κ3) is 4.61. The number of hydrogen-bond acceptors (Lipinski definition) is 6. The molecule has 1 N–H and O–H groups in total. The Labute approximate surface area is 156 Å². The molecule has 0 saturated carbocycles. The number of hydrogen-bond donors (Lipinski definition) is 1. The average molecular weight is 512 g/mol. The minimum absolute atomic E-state index is 0.160. The van der Waals surface area contributed by atoms with E-state index in [1.54, 1.807) is 12.1 Å². The van der Waals surface area contributed by atoms with E-state index < -0.39 is 11.9 Å². The zero-order chi connectivity index (χ0) is 17.0. The molecule has 1 amide bonds. The summed E-state index contributed by atoms with van der Waals surface area (Å²) >= 11 is 5.98. The van der Waals surface area contributed by atoms with Crippen molar-refractivity contribution in [2.75, 3.05) is 7.11 Å². The van der Waals surface area contributed by atoms with Crippen molar-refractivity contribution in [1.82, 2.24) is 5.32 Å². The third-order valence-electron chi connectivity index (χ3n) is 2.51. The van der Waals surface area contributed by atoms with E-state index in [4.69, 9.17) is 0 Å². The molecule has 1 saturated heterocycles. The van der Waals surface area contributed by atoms with Crippen LogP contribution in [0.4, 0.5) is 4.39 Å². The van der Waals surface area contributed by atoms with E-state index in [0.717, 1.165) is 17.8 Å². The number of thioether (sulfide) groups is 1. The predicted molar refractivity (Wildman–Crippen MR) is 97.7 cm³/mol. The van der Waals surface area contributed by atoms with Crippen molar-refractivity contribution in [3.05, 3.63) is 42.5 Å². The molecule has 10 heteroatoms. The van der Waals surface area contributed by atoms with Gasteiger partial charge >= 0.3 is 5.97 Å². The summed E-state index contributed by atoms with van der Waals surface area (Å²) in [5, 5.41) is 10.3. The molecule has 1 aromatic carbocycles. The summed E-state index contributed by atoms with van der Waals surface area (Å²) in [6, 6.07) is 3.29. The fraction of sp³-hybridized carbons (Fsp3) is 0.0769. The highest BCUT2D eigenvalue weighted by molar-refractivity contribution is 14.1. The summed E-state index contributed by atoms with van der Waals surface area (Å²) in [6.45, 7) is 0. The Morgan fingerprint density at radius 2 is 2.26 bits per heavy atom. The van der Waals surface area contributed by atoms with Gasteiger partial charge in [0.15, 0.2) is 11.0 Å². The van der Waals surface area contributed by atoms with Crippen molar-refractivity contribution < 1.29 is 18.7 Å². The number of amidine groups is 1. The second-order valence-corrected chi connectivity index (χ2v) is 6.99. The quantitative estimate of drug-likeness (QED) is 0.169. The summed E-state index contributed by atoms with van der Waals surface area (Å²) in [6.07, 6.45) is 2.42. The number of methoxy groups -OCH3 is 1. The van der Waals surface area contributed by atoms with Gasteiger partial charge in [0, 0.05) is 15.2 Å². The van der Waals surface area contributed by atoms with Crippen LogP contribution < -0.4 is 5.32 Å². The topological polar surface area (TPSA) is 80.1 Å². The number of halogens is 3. The van der Waals surface area contributed by atoms with Crippen molar-refractivity contribution in [2.24, 2.45) is 10.2 Å². The van der Waals surface area contributed by atoms with Gasteiger partial charge in [-0.2, -0.15) is 5.10 Å². The summed E-state index contributed by atoms with van der Waals surface area (Å²) in [5.74, 6) is -1.48. The zero-order valence-corrected chi connectivity index (χ0v) is 16.0. The minimum atomic E-state index is -0.634. The van der Waals surface area contributed by atoms with Crippen LogP contribution in [0, 0.1) is 9.39 Å². The van der Waals surface area contributed by atoms with Gasteiger partial charge < -0.3 is 4.74 Å². The summed E-state index contributed by atoms with van der Waals surface area (Å²) in [5.41, 5.74) is 0.506. The lowest BCUT2D eigenvalue weighted by Gasteiger charge is -2.00. The third-order valence-corrected chi connectivity index (χ3v) is 5.05. The number of benzene rings is 1. The molecule has 1 fully saturated rings. The second-order valence-electron chi connectivity index (χ2n) is 4.00. The Bertz CT molecular complexity index is 767. The molecular weight excluding hydrogens is 504 g/mol. The Hall–Kier alpha value is -1.27. The van der Waals surface area contributed by atoms with Crippen LogP contribution in [-0.4, -0.2) is 30.4 Å². The van der Waals surface area contributed by atoms with Crippen LogP contribution in [0.1, 0.15) is 5.56 Å². The van der Waals surface area contributed by atoms with Crippen LogP contribution in [0.2, 0.25) is 0 Å². The Morgan fingerprint density at radius 3 is 2.96 bits per heavy atom. The normalized spacial score (nSPS) is 18.0. The molecule has 0 radical (unpaired) electrons. The number of ether oxygens (including phenoxy) is 1. The first-order valence-electron chi connectivity index (χ1n) is 5.95. The van der Waals surface area contributed by atoms with Crippen molar-refractivity contribution in [2.45, 2.75) is 0 Å². The van der Waals surface area contributed by atoms with Crippen molar-refractivity contribution in [1.29, 1.82) is 0 Å². The number of carbonyl (C=O) groups is 2. The van der Waals surface area contributed by atoms with Crippen LogP contribution >= 0.6 is 50.3 Å². The Kier molecular flexibility index (Phi) is 6.30. The summed E-state index contributed by atoms with van der Waals surface area (Å²) in [4.78, 5) is 22.9. The largest absolute Gasteiger partial charge is 0.466 e. The second kappa shape index (κ2) is 8.02. The average Bonchev–Trinajstić information content (AvgIpc) is 2.87. The summed E-state index contributed by atoms with van der Waals surface area (Å²) < 4.78 is 18.9. The SMILES string of the molecule is COC(=O)/C=C1/S/C(=N\N=Cc2ccc(I)c(F)c2Br)NC1=O. The highest BCUT2D eigenvalue weighted by Gasteiger charge is 2.25. The maximum absolute atomic E-state index is 13.7. The number of esters is 1. The van der Waals surface area contributed by atoms with Crippen molar-refractivity contribution in [3.63, 3.8) is 0 Å². The van der Waals surface area contributed by atoms with Gasteiger partial charge in [0.05, 0.1) is 22.7 Å². The molecule has 120 valence electrons. The first-order chi connectivity index (χ1) is 10.9. The van der Waals surface area contributed by atoms with Gasteiger partial charge in [0.2, 0.25) is 0 Å². The van der Waals surface area contributed by atoms with E-state index >= 15 is 0 Å². The maximum atomic E-state index is 13.7. The van der Waals surface area contributed by atoms with Gasteiger partial charge in [-0.05, 0) is 56.3 Å². The first kappa shape index (κ1) is 18.1. The molecular formula is C13H8BrFIN3O3S. The van der Waals surface area contributed by atoms with E-state index in [0.29, 0.717) is 9.13 Å². The predicted octanol–water partition coefficient (Wildman–Crippen LogP) is 2.80. The molecule has 0 aromatic heterocycles. The molecule has 2 rings (SSSR count). The van der Waals surface area contributed by atoms with Crippen LogP contribution in [-0.2, 0) is 14.3 Å². The van der Waals surface area contributed by atoms with E-state index in [-0.39, 0.29) is 20.4 Å². The standard InChI is InChI=1S/C13H8BrFIN3O3S/c1-22-9(20)4-8-12(21)18-13(23-8)19-17-5-6-2-3-7(16)11(15)10(6)14/h2-5H,1H3,(H,18,19,21)/b8-4+,17-5?. The zero-order valence-electron chi connectivity index (χ0n) is 11.5. The fourth-order valence-electron chi connectivity index (χ4n) is 1.43. The smallest absolute Gasteiger partial charge is 0.331 e. The molecule has 6 nitrogen and oxygen atoms in total. The molecule has 0 bridgehead atoms. The van der Waals surface area contributed by atoms with Crippen LogP contribution in [0.15, 0.2) is 37.8 Å². The summed E-state index contributed by atoms with van der Waals surface area (Å²) in [7, 11) is 1.22. The number of nitrogens with one attached hydrogen (secondary N) is 1. The lowest BCUT2D eigenvalue weighted by Crippen LogP contribution is -2.19. The van der Waals surface area contributed by atoms with Gasteiger partial charge in [0.25, 0.3) is 5.91 Å². The van der Waals surface area contributed by atoms with E-state index in [1.807, 2.05) is 22.6 Å². The molecule has 0 aliphatic carbocycles. The van der Waals surface area contributed by atoms with E-state index in [1.165, 1.54) is 13.3 Å². The van der Waals surface area contributed by atoms with Gasteiger partial charge in [-0.1, -0.05) is 6.07 Å². The first-order valence-corrected chi connectivity index (χ1v) is 8.64. The molecule has 0 atom stereocenters. The molecule has 0 spiro atoms. The molecule has 1 aliphatic heterocycles. The number of carbonyl (C=O) groups excluding carboxylic acids is 2. The Morgan fingerprint density at radius 1 is 1.52 bits per heavy atom. The number of amides is 1. The molecule has 1 aliphatic rings. The van der Waals surface area contributed by atoms with Gasteiger partial charge in [-0.15, -0.1) is 5.10 Å². The van der Waals surface area contributed by atoms with Crippen LogP contribution in [0.5, 0.6) is 0 Å². The molecule has 1 aromatic rings. The monoisotopic (exact) mass is 511 g/mol. The van der Waals surface area contributed by atoms with E-state index in [9.17, 15) is 14.0 Å². The number of nitrogens with zero attached hydrogens (tertiary/aromatic N) is 2. The lowest BCUT2D eigenvalue weighted by molar-refractivity contribution is -0.135. The maximum Gasteiger partial charge on any atom is 0.331 e. The van der Waals surface area contributed by atoms with Gasteiger partial charge in [-0.3, -0.25) is 10.1 Å². The van der Waals surface area contributed by atoms with Gasteiger partial charge in [0.1, 0.15) is 0 Å². The molecule has 0 unspecified atom stereocenters. The van der Waals surface area contributed by atoms with Gasteiger partial charge in [-0.25, -0.2) is 9.18 Å². The van der Waals surface area contributed by atoms with Crippen molar-refractivity contribution in [3.8, 4) is 0 Å². The van der Waals surface area contributed by atoms with E-state index in [2.05, 4.69) is 36.2 Å². The van der Waals surface area contributed by atoms with Crippen LogP contribution in [0.25, 0.3) is 0 Å². The minimum Gasteiger partial charge on any atom is -0.466 e. The fourth-order valence-corrected chi connectivity index (χ4v) is 3.43. The molecule has 1 heterocycles. The van der Waals surface area contributed by atoms with Crippen molar-refractivity contribution >= 4 is 73.5 Å².